The van der Waals surface area contributed by atoms with Crippen LogP contribution < -0.4 is 11.1 Å². The summed E-state index contributed by atoms with van der Waals surface area (Å²) in [6, 6.07) is 4.75. The standard InChI is InChI=1S/C10H15N3/c11-8-6-10(7-8)9-2-1-4-13(9)5-3-12-10/h1-2,4,8,12H,3,5-7,11H2. The molecular formula is C10H15N3. The molecule has 2 aliphatic rings. The summed E-state index contributed by atoms with van der Waals surface area (Å²) in [7, 11) is 0. The van der Waals surface area contributed by atoms with Crippen LogP contribution in [0.3, 0.4) is 0 Å². The Morgan fingerprint density at radius 1 is 1.54 bits per heavy atom. The Morgan fingerprint density at radius 3 is 3.15 bits per heavy atom. The first-order chi connectivity index (χ1) is 6.30. The zero-order valence-electron chi connectivity index (χ0n) is 7.66. The lowest BCUT2D eigenvalue weighted by atomic mass is 9.70. The predicted molar refractivity (Wildman–Crippen MR) is 51.3 cm³/mol. The van der Waals surface area contributed by atoms with Gasteiger partial charge in [-0.25, -0.2) is 0 Å². The normalized spacial score (nSPS) is 37.2. The highest BCUT2D eigenvalue weighted by atomic mass is 15.2. The second kappa shape index (κ2) is 2.36. The molecule has 3 N–H and O–H groups in total. The average molecular weight is 177 g/mol. The Labute approximate surface area is 77.9 Å². The number of nitrogens with zero attached hydrogens (tertiary/aromatic N) is 1. The minimum Gasteiger partial charge on any atom is -0.348 e. The molecule has 0 radical (unpaired) electrons. The van der Waals surface area contributed by atoms with Crippen LogP contribution >= 0.6 is 0 Å². The molecule has 0 atom stereocenters. The summed E-state index contributed by atoms with van der Waals surface area (Å²) in [5.41, 5.74) is 7.51. The highest BCUT2D eigenvalue weighted by Crippen LogP contribution is 2.41. The first kappa shape index (κ1) is 7.59. The molecule has 2 heterocycles. The van der Waals surface area contributed by atoms with Gasteiger partial charge in [-0.05, 0) is 25.0 Å². The van der Waals surface area contributed by atoms with Gasteiger partial charge in [-0.2, -0.15) is 0 Å². The largest absolute Gasteiger partial charge is 0.348 e. The van der Waals surface area contributed by atoms with Crippen LogP contribution in [0.15, 0.2) is 18.3 Å². The fourth-order valence-electron chi connectivity index (χ4n) is 2.74. The van der Waals surface area contributed by atoms with Gasteiger partial charge < -0.3 is 15.6 Å². The summed E-state index contributed by atoms with van der Waals surface area (Å²) in [5, 5.41) is 3.60. The van der Waals surface area contributed by atoms with E-state index in [2.05, 4.69) is 28.2 Å². The molecule has 0 aromatic carbocycles. The number of rotatable bonds is 0. The molecule has 3 nitrogen and oxygen atoms in total. The number of hydrogen-bond donors (Lipinski definition) is 2. The van der Waals surface area contributed by atoms with Crippen LogP contribution in [0.1, 0.15) is 18.5 Å². The van der Waals surface area contributed by atoms with Crippen molar-refractivity contribution in [2.45, 2.75) is 31.0 Å². The zero-order valence-corrected chi connectivity index (χ0v) is 7.66. The Hall–Kier alpha value is -0.800. The summed E-state index contributed by atoms with van der Waals surface area (Å²) in [6.07, 6.45) is 4.36. The van der Waals surface area contributed by atoms with E-state index < -0.39 is 0 Å². The van der Waals surface area contributed by atoms with Crippen LogP contribution in [-0.2, 0) is 12.1 Å². The molecule has 1 fully saturated rings. The molecule has 1 aromatic heterocycles. The highest BCUT2D eigenvalue weighted by molar-refractivity contribution is 5.25. The van der Waals surface area contributed by atoms with Crippen LogP contribution in [-0.4, -0.2) is 17.2 Å². The predicted octanol–water partition coefficient (Wildman–Crippen LogP) is 0.408. The van der Waals surface area contributed by atoms with E-state index in [0.717, 1.165) is 25.9 Å². The van der Waals surface area contributed by atoms with E-state index >= 15 is 0 Å². The summed E-state index contributed by atoms with van der Waals surface area (Å²) in [4.78, 5) is 0. The van der Waals surface area contributed by atoms with Crippen LogP contribution in [0.5, 0.6) is 0 Å². The minimum atomic E-state index is 0.223. The first-order valence-electron chi connectivity index (χ1n) is 4.96. The van der Waals surface area contributed by atoms with E-state index in [0.29, 0.717) is 6.04 Å². The molecule has 0 amide bonds. The molecule has 1 aromatic rings. The zero-order chi connectivity index (χ0) is 8.89. The maximum absolute atomic E-state index is 5.86. The van der Waals surface area contributed by atoms with Crippen molar-refractivity contribution in [2.75, 3.05) is 6.54 Å². The molecule has 0 bridgehead atoms. The molecule has 1 aliphatic heterocycles. The minimum absolute atomic E-state index is 0.223. The molecular weight excluding hydrogens is 162 g/mol. The smallest absolute Gasteiger partial charge is 0.0618 e. The summed E-state index contributed by atoms with van der Waals surface area (Å²) in [6.45, 7) is 2.17. The van der Waals surface area contributed by atoms with E-state index in [1.165, 1.54) is 5.69 Å². The topological polar surface area (TPSA) is 43.0 Å². The van der Waals surface area contributed by atoms with Gasteiger partial charge in [0, 0.05) is 31.0 Å². The van der Waals surface area contributed by atoms with E-state index in [9.17, 15) is 0 Å². The molecule has 1 aliphatic carbocycles. The lowest BCUT2D eigenvalue weighted by Crippen LogP contribution is -2.61. The fraction of sp³-hybridized carbons (Fsp3) is 0.600. The molecule has 1 saturated carbocycles. The van der Waals surface area contributed by atoms with Crippen molar-refractivity contribution in [3.8, 4) is 0 Å². The monoisotopic (exact) mass is 177 g/mol. The Bertz CT molecular complexity index is 323. The lowest BCUT2D eigenvalue weighted by molar-refractivity contribution is 0.126. The van der Waals surface area contributed by atoms with Gasteiger partial charge in [0.05, 0.1) is 5.54 Å². The molecule has 3 rings (SSSR count). The number of nitrogens with one attached hydrogen (secondary N) is 1. The van der Waals surface area contributed by atoms with Gasteiger partial charge in [-0.1, -0.05) is 0 Å². The molecule has 0 unspecified atom stereocenters. The number of hydrogen-bond acceptors (Lipinski definition) is 2. The SMILES string of the molecule is NC1CC2(C1)NCCn1cccc12. The molecule has 3 heteroatoms. The fourth-order valence-corrected chi connectivity index (χ4v) is 2.74. The van der Waals surface area contributed by atoms with Gasteiger partial charge in [-0.15, -0.1) is 0 Å². The summed E-state index contributed by atoms with van der Waals surface area (Å²) < 4.78 is 2.35. The van der Waals surface area contributed by atoms with Gasteiger partial charge in [0.2, 0.25) is 0 Å². The van der Waals surface area contributed by atoms with Crippen molar-refractivity contribution < 1.29 is 0 Å². The van der Waals surface area contributed by atoms with Crippen molar-refractivity contribution in [2.24, 2.45) is 5.73 Å². The van der Waals surface area contributed by atoms with E-state index in [1.54, 1.807) is 0 Å². The third kappa shape index (κ3) is 0.914. The second-order valence-corrected chi connectivity index (χ2v) is 4.26. The number of aromatic nitrogens is 1. The van der Waals surface area contributed by atoms with Gasteiger partial charge >= 0.3 is 0 Å². The molecule has 1 spiro atoms. The van der Waals surface area contributed by atoms with Gasteiger partial charge in [0.25, 0.3) is 0 Å². The second-order valence-electron chi connectivity index (χ2n) is 4.26. The summed E-state index contributed by atoms with van der Waals surface area (Å²) >= 11 is 0. The van der Waals surface area contributed by atoms with Crippen molar-refractivity contribution in [1.29, 1.82) is 0 Å². The number of fused-ring (bicyclic) bond motifs is 2. The molecule has 0 saturated heterocycles. The van der Waals surface area contributed by atoms with Crippen LogP contribution in [0.2, 0.25) is 0 Å². The van der Waals surface area contributed by atoms with Crippen LogP contribution in [0.4, 0.5) is 0 Å². The maximum Gasteiger partial charge on any atom is 0.0618 e. The Kier molecular flexibility index (Phi) is 1.38. The van der Waals surface area contributed by atoms with Crippen molar-refractivity contribution in [1.82, 2.24) is 9.88 Å². The van der Waals surface area contributed by atoms with Crippen molar-refractivity contribution in [3.05, 3.63) is 24.0 Å². The van der Waals surface area contributed by atoms with E-state index in [4.69, 9.17) is 5.73 Å². The van der Waals surface area contributed by atoms with Gasteiger partial charge in [-0.3, -0.25) is 0 Å². The number of nitrogens with two attached hydrogens (primary N) is 1. The van der Waals surface area contributed by atoms with E-state index in [-0.39, 0.29) is 5.54 Å². The Morgan fingerprint density at radius 2 is 2.38 bits per heavy atom. The average Bonchev–Trinajstić information content (AvgIpc) is 2.50. The maximum atomic E-state index is 5.86. The highest BCUT2D eigenvalue weighted by Gasteiger charge is 2.46. The van der Waals surface area contributed by atoms with E-state index in [1.807, 2.05) is 0 Å². The quantitative estimate of drug-likeness (QED) is 0.602. The van der Waals surface area contributed by atoms with Gasteiger partial charge in [0.1, 0.15) is 0 Å². The van der Waals surface area contributed by atoms with Crippen molar-refractivity contribution >= 4 is 0 Å². The third-order valence-electron chi connectivity index (χ3n) is 3.36. The molecule has 70 valence electrons. The van der Waals surface area contributed by atoms with Crippen LogP contribution in [0.25, 0.3) is 0 Å². The third-order valence-corrected chi connectivity index (χ3v) is 3.36. The molecule has 13 heavy (non-hydrogen) atoms. The lowest BCUT2D eigenvalue weighted by Gasteiger charge is -2.49. The Balaban J connectivity index is 2.01. The van der Waals surface area contributed by atoms with Crippen molar-refractivity contribution in [3.63, 3.8) is 0 Å². The first-order valence-corrected chi connectivity index (χ1v) is 4.96. The van der Waals surface area contributed by atoms with Crippen LogP contribution in [0, 0.1) is 0 Å². The summed E-state index contributed by atoms with van der Waals surface area (Å²) in [5.74, 6) is 0. The van der Waals surface area contributed by atoms with Gasteiger partial charge in [0.15, 0.2) is 0 Å².